The van der Waals surface area contributed by atoms with E-state index in [1.165, 1.54) is 11.1 Å². The molecule has 0 saturated heterocycles. The van der Waals surface area contributed by atoms with E-state index in [0.717, 1.165) is 24.6 Å². The molecule has 0 spiro atoms. The van der Waals surface area contributed by atoms with Crippen LogP contribution in [-0.4, -0.2) is 12.7 Å². The Bertz CT molecular complexity index is 564. The Morgan fingerprint density at radius 2 is 1.64 bits per heavy atom. The summed E-state index contributed by atoms with van der Waals surface area (Å²) in [6, 6.07) is 16.4. The van der Waals surface area contributed by atoms with Gasteiger partial charge in [0.25, 0.3) is 0 Å². The second-order valence-electron chi connectivity index (χ2n) is 5.49. The summed E-state index contributed by atoms with van der Waals surface area (Å²) in [7, 11) is 0. The standard InChI is InChI=1S/C19H25NO2/c1-4-21-19-7-5-6-17(12-19)14-20-13-16-8-10-18(11-9-16)22-15(2)3/h5-12,15,20H,4,13-14H2,1-3H3. The van der Waals surface area contributed by atoms with Crippen LogP contribution in [0.2, 0.25) is 0 Å². The molecule has 0 saturated carbocycles. The zero-order valence-corrected chi connectivity index (χ0v) is 13.6. The highest BCUT2D eigenvalue weighted by molar-refractivity contribution is 5.29. The Morgan fingerprint density at radius 3 is 2.32 bits per heavy atom. The Balaban J connectivity index is 1.82. The molecule has 118 valence electrons. The van der Waals surface area contributed by atoms with Gasteiger partial charge >= 0.3 is 0 Å². The lowest BCUT2D eigenvalue weighted by atomic mass is 10.2. The van der Waals surface area contributed by atoms with E-state index in [1.807, 2.05) is 45.0 Å². The van der Waals surface area contributed by atoms with Crippen molar-refractivity contribution >= 4 is 0 Å². The van der Waals surface area contributed by atoms with Crippen LogP contribution in [0.3, 0.4) is 0 Å². The van der Waals surface area contributed by atoms with Crippen LogP contribution in [0.1, 0.15) is 31.9 Å². The molecule has 22 heavy (non-hydrogen) atoms. The first kappa shape index (κ1) is 16.4. The predicted molar refractivity (Wildman–Crippen MR) is 90.4 cm³/mol. The van der Waals surface area contributed by atoms with Crippen LogP contribution in [-0.2, 0) is 13.1 Å². The molecular formula is C19H25NO2. The molecule has 0 aliphatic heterocycles. The van der Waals surface area contributed by atoms with Crippen LogP contribution in [0.15, 0.2) is 48.5 Å². The molecule has 2 aromatic carbocycles. The van der Waals surface area contributed by atoms with Crippen molar-refractivity contribution in [2.75, 3.05) is 6.61 Å². The number of hydrogen-bond donors (Lipinski definition) is 1. The van der Waals surface area contributed by atoms with Crippen LogP contribution >= 0.6 is 0 Å². The molecule has 0 atom stereocenters. The molecule has 0 aliphatic carbocycles. The van der Waals surface area contributed by atoms with Gasteiger partial charge in [0.05, 0.1) is 12.7 Å². The minimum absolute atomic E-state index is 0.210. The third kappa shape index (κ3) is 5.41. The van der Waals surface area contributed by atoms with Gasteiger partial charge in [-0.2, -0.15) is 0 Å². The van der Waals surface area contributed by atoms with E-state index < -0.39 is 0 Å². The lowest BCUT2D eigenvalue weighted by molar-refractivity contribution is 0.242. The number of hydrogen-bond acceptors (Lipinski definition) is 3. The van der Waals surface area contributed by atoms with Crippen molar-refractivity contribution < 1.29 is 9.47 Å². The second kappa shape index (κ2) is 8.44. The molecule has 0 amide bonds. The van der Waals surface area contributed by atoms with E-state index in [2.05, 4.69) is 29.6 Å². The summed E-state index contributed by atoms with van der Waals surface area (Å²) in [6.07, 6.45) is 0.210. The molecule has 3 nitrogen and oxygen atoms in total. The van der Waals surface area contributed by atoms with Crippen molar-refractivity contribution in [2.45, 2.75) is 40.0 Å². The highest BCUT2D eigenvalue weighted by atomic mass is 16.5. The summed E-state index contributed by atoms with van der Waals surface area (Å²) < 4.78 is 11.2. The third-order valence-electron chi connectivity index (χ3n) is 3.16. The van der Waals surface area contributed by atoms with Crippen molar-refractivity contribution in [3.05, 3.63) is 59.7 Å². The van der Waals surface area contributed by atoms with Gasteiger partial charge in [-0.05, 0) is 56.2 Å². The third-order valence-corrected chi connectivity index (χ3v) is 3.16. The quantitative estimate of drug-likeness (QED) is 0.794. The van der Waals surface area contributed by atoms with Crippen LogP contribution in [0.25, 0.3) is 0 Å². The van der Waals surface area contributed by atoms with Crippen LogP contribution in [0, 0.1) is 0 Å². The fourth-order valence-electron chi connectivity index (χ4n) is 2.22. The van der Waals surface area contributed by atoms with Gasteiger partial charge < -0.3 is 14.8 Å². The smallest absolute Gasteiger partial charge is 0.119 e. The maximum absolute atomic E-state index is 5.64. The molecule has 3 heteroatoms. The van der Waals surface area contributed by atoms with Crippen molar-refractivity contribution in [2.24, 2.45) is 0 Å². The highest BCUT2D eigenvalue weighted by Gasteiger charge is 1.99. The van der Waals surface area contributed by atoms with Gasteiger partial charge in [0, 0.05) is 13.1 Å². The van der Waals surface area contributed by atoms with Crippen LogP contribution < -0.4 is 14.8 Å². The SMILES string of the molecule is CCOc1cccc(CNCc2ccc(OC(C)C)cc2)c1. The van der Waals surface area contributed by atoms with Crippen molar-refractivity contribution in [3.63, 3.8) is 0 Å². The zero-order chi connectivity index (χ0) is 15.8. The number of benzene rings is 2. The summed E-state index contributed by atoms with van der Waals surface area (Å²) in [5.41, 5.74) is 2.47. The molecule has 2 aromatic rings. The molecule has 0 heterocycles. The fraction of sp³-hybridized carbons (Fsp3) is 0.368. The fourth-order valence-corrected chi connectivity index (χ4v) is 2.22. The number of rotatable bonds is 8. The molecule has 1 N–H and O–H groups in total. The molecular weight excluding hydrogens is 274 g/mol. The van der Waals surface area contributed by atoms with E-state index in [1.54, 1.807) is 0 Å². The summed E-state index contributed by atoms with van der Waals surface area (Å²) in [5, 5.41) is 3.45. The summed E-state index contributed by atoms with van der Waals surface area (Å²) in [5.74, 6) is 1.85. The lowest BCUT2D eigenvalue weighted by Crippen LogP contribution is -2.12. The molecule has 0 fully saturated rings. The first-order valence-electron chi connectivity index (χ1n) is 7.85. The second-order valence-corrected chi connectivity index (χ2v) is 5.49. The number of ether oxygens (including phenoxy) is 2. The Kier molecular flexibility index (Phi) is 6.28. The maximum atomic E-state index is 5.64. The summed E-state index contributed by atoms with van der Waals surface area (Å²) >= 11 is 0. The Labute approximate surface area is 133 Å². The van der Waals surface area contributed by atoms with E-state index in [0.29, 0.717) is 6.61 Å². The Hall–Kier alpha value is -2.00. The van der Waals surface area contributed by atoms with Crippen molar-refractivity contribution in [3.8, 4) is 11.5 Å². The van der Waals surface area contributed by atoms with Gasteiger partial charge in [-0.15, -0.1) is 0 Å². The molecule has 0 bridgehead atoms. The summed E-state index contributed by atoms with van der Waals surface area (Å²) in [4.78, 5) is 0. The molecule has 0 radical (unpaired) electrons. The lowest BCUT2D eigenvalue weighted by Gasteiger charge is -2.11. The van der Waals surface area contributed by atoms with Crippen molar-refractivity contribution in [1.82, 2.24) is 5.32 Å². The average Bonchev–Trinajstić information content (AvgIpc) is 2.49. The minimum atomic E-state index is 0.210. The monoisotopic (exact) mass is 299 g/mol. The van der Waals surface area contributed by atoms with E-state index in [9.17, 15) is 0 Å². The molecule has 0 aromatic heterocycles. The Morgan fingerprint density at radius 1 is 0.909 bits per heavy atom. The number of nitrogens with one attached hydrogen (secondary N) is 1. The topological polar surface area (TPSA) is 30.5 Å². The molecule has 2 rings (SSSR count). The van der Waals surface area contributed by atoms with Crippen LogP contribution in [0.5, 0.6) is 11.5 Å². The van der Waals surface area contributed by atoms with Gasteiger partial charge in [-0.25, -0.2) is 0 Å². The first-order chi connectivity index (χ1) is 10.7. The van der Waals surface area contributed by atoms with Gasteiger partial charge in [0.2, 0.25) is 0 Å². The van der Waals surface area contributed by atoms with Gasteiger partial charge in [0.1, 0.15) is 11.5 Å². The molecule has 0 unspecified atom stereocenters. The van der Waals surface area contributed by atoms with E-state index >= 15 is 0 Å². The van der Waals surface area contributed by atoms with Gasteiger partial charge in [-0.1, -0.05) is 24.3 Å². The van der Waals surface area contributed by atoms with E-state index in [4.69, 9.17) is 9.47 Å². The maximum Gasteiger partial charge on any atom is 0.119 e. The van der Waals surface area contributed by atoms with Crippen molar-refractivity contribution in [1.29, 1.82) is 0 Å². The van der Waals surface area contributed by atoms with Gasteiger partial charge in [0.15, 0.2) is 0 Å². The normalized spacial score (nSPS) is 10.7. The highest BCUT2D eigenvalue weighted by Crippen LogP contribution is 2.15. The first-order valence-corrected chi connectivity index (χ1v) is 7.85. The average molecular weight is 299 g/mol. The van der Waals surface area contributed by atoms with E-state index in [-0.39, 0.29) is 6.10 Å². The van der Waals surface area contributed by atoms with Gasteiger partial charge in [-0.3, -0.25) is 0 Å². The minimum Gasteiger partial charge on any atom is -0.494 e. The summed E-state index contributed by atoms with van der Waals surface area (Å²) in [6.45, 7) is 8.42. The zero-order valence-electron chi connectivity index (χ0n) is 13.6. The largest absolute Gasteiger partial charge is 0.494 e. The predicted octanol–water partition coefficient (Wildman–Crippen LogP) is 4.16. The van der Waals surface area contributed by atoms with Crippen LogP contribution in [0.4, 0.5) is 0 Å². The molecule has 0 aliphatic rings.